The van der Waals surface area contributed by atoms with Gasteiger partial charge in [0.1, 0.15) is 0 Å². The van der Waals surface area contributed by atoms with E-state index in [2.05, 4.69) is 0 Å². The standard InChI is InChI=1S/C10H9NO2.K/c12-10(13)8-4-6-11-5-2-1-3-9(11)7-8;/h1-4,6-7H,5H2,(H,12,13);/q;+1/p-1. The van der Waals surface area contributed by atoms with E-state index in [9.17, 15) is 9.90 Å². The fourth-order valence-corrected chi connectivity index (χ4v) is 1.32. The minimum Gasteiger partial charge on any atom is -0.545 e. The number of fused-ring (bicyclic) bond motifs is 1. The van der Waals surface area contributed by atoms with Gasteiger partial charge >= 0.3 is 51.4 Å². The third kappa shape index (κ3) is 2.46. The molecular weight excluding hydrogens is 205 g/mol. The number of carboxylic acid groups (broad SMARTS) is 1. The van der Waals surface area contributed by atoms with Crippen molar-refractivity contribution >= 4 is 5.97 Å². The fraction of sp³-hybridized carbons (Fsp3) is 0.100. The summed E-state index contributed by atoms with van der Waals surface area (Å²) in [5.74, 6) is -1.13. The van der Waals surface area contributed by atoms with E-state index in [1.807, 2.05) is 23.1 Å². The number of nitrogens with zero attached hydrogens (tertiary/aromatic N) is 1. The van der Waals surface area contributed by atoms with Crippen LogP contribution in [0.4, 0.5) is 0 Å². The van der Waals surface area contributed by atoms with Gasteiger partial charge in [-0.25, -0.2) is 0 Å². The Morgan fingerprint density at radius 1 is 1.50 bits per heavy atom. The van der Waals surface area contributed by atoms with Crippen LogP contribution in [0.1, 0.15) is 0 Å². The van der Waals surface area contributed by atoms with E-state index in [1.54, 1.807) is 18.4 Å². The monoisotopic (exact) mass is 213 g/mol. The molecule has 0 unspecified atom stereocenters. The molecule has 0 N–H and O–H groups in total. The van der Waals surface area contributed by atoms with Gasteiger partial charge in [0.05, 0.1) is 5.97 Å². The minimum atomic E-state index is -1.13. The van der Waals surface area contributed by atoms with Gasteiger partial charge in [-0.15, -0.1) is 0 Å². The van der Waals surface area contributed by atoms with Gasteiger partial charge < -0.3 is 14.8 Å². The second-order valence-corrected chi connectivity index (χ2v) is 2.87. The van der Waals surface area contributed by atoms with Crippen molar-refractivity contribution in [2.45, 2.75) is 0 Å². The van der Waals surface area contributed by atoms with Gasteiger partial charge in [-0.05, 0) is 18.2 Å². The summed E-state index contributed by atoms with van der Waals surface area (Å²) in [7, 11) is 0. The molecule has 0 aliphatic carbocycles. The normalized spacial score (nSPS) is 17.9. The summed E-state index contributed by atoms with van der Waals surface area (Å²) in [6.07, 6.45) is 10.7. The Hall–Kier alpha value is -0.134. The zero-order valence-electron chi connectivity index (χ0n) is 7.93. The molecule has 2 aliphatic heterocycles. The van der Waals surface area contributed by atoms with Crippen LogP contribution in [0.3, 0.4) is 0 Å². The molecule has 14 heavy (non-hydrogen) atoms. The van der Waals surface area contributed by atoms with Crippen LogP contribution in [0.2, 0.25) is 0 Å². The molecule has 3 nitrogen and oxygen atoms in total. The summed E-state index contributed by atoms with van der Waals surface area (Å²) in [4.78, 5) is 12.5. The van der Waals surface area contributed by atoms with Crippen molar-refractivity contribution < 1.29 is 61.3 Å². The molecule has 0 saturated heterocycles. The zero-order chi connectivity index (χ0) is 9.26. The van der Waals surface area contributed by atoms with Crippen LogP contribution in [-0.2, 0) is 4.79 Å². The van der Waals surface area contributed by atoms with E-state index in [1.165, 1.54) is 0 Å². The van der Waals surface area contributed by atoms with Crippen molar-refractivity contribution in [3.63, 3.8) is 0 Å². The van der Waals surface area contributed by atoms with Crippen molar-refractivity contribution in [2.24, 2.45) is 0 Å². The van der Waals surface area contributed by atoms with Crippen molar-refractivity contribution in [3.8, 4) is 0 Å². The average Bonchev–Trinajstić information content (AvgIpc) is 2.17. The topological polar surface area (TPSA) is 43.4 Å². The Morgan fingerprint density at radius 3 is 3.00 bits per heavy atom. The maximum Gasteiger partial charge on any atom is 1.00 e. The largest absolute Gasteiger partial charge is 1.00 e. The molecule has 2 rings (SSSR count). The van der Waals surface area contributed by atoms with Crippen LogP contribution >= 0.6 is 0 Å². The van der Waals surface area contributed by atoms with Crippen LogP contribution in [0, 0.1) is 0 Å². The number of hydrogen-bond acceptors (Lipinski definition) is 3. The Bertz CT molecular complexity index is 366. The molecule has 0 atom stereocenters. The van der Waals surface area contributed by atoms with Crippen molar-refractivity contribution in [3.05, 3.63) is 47.9 Å². The summed E-state index contributed by atoms with van der Waals surface area (Å²) in [5, 5.41) is 10.5. The van der Waals surface area contributed by atoms with Gasteiger partial charge in [0, 0.05) is 24.0 Å². The van der Waals surface area contributed by atoms with E-state index < -0.39 is 5.97 Å². The van der Waals surface area contributed by atoms with Crippen molar-refractivity contribution in [1.29, 1.82) is 0 Å². The molecule has 2 heterocycles. The third-order valence-electron chi connectivity index (χ3n) is 2.01. The molecule has 0 aromatic carbocycles. The van der Waals surface area contributed by atoms with Crippen LogP contribution < -0.4 is 56.5 Å². The molecule has 0 saturated carbocycles. The maximum absolute atomic E-state index is 10.5. The smallest absolute Gasteiger partial charge is 0.545 e. The predicted octanol–water partition coefficient (Wildman–Crippen LogP) is -3.05. The van der Waals surface area contributed by atoms with Gasteiger partial charge in [-0.3, -0.25) is 0 Å². The predicted molar refractivity (Wildman–Crippen MR) is 46.2 cm³/mol. The number of carbonyl (C=O) groups excluding carboxylic acids is 1. The van der Waals surface area contributed by atoms with Crippen LogP contribution in [0.25, 0.3) is 0 Å². The van der Waals surface area contributed by atoms with Crippen LogP contribution in [0.15, 0.2) is 47.9 Å². The molecular formula is C10H8KNO2. The fourth-order valence-electron chi connectivity index (χ4n) is 1.32. The van der Waals surface area contributed by atoms with Crippen LogP contribution in [0.5, 0.6) is 0 Å². The molecule has 0 spiro atoms. The van der Waals surface area contributed by atoms with Crippen molar-refractivity contribution in [1.82, 2.24) is 4.90 Å². The summed E-state index contributed by atoms with van der Waals surface area (Å²) in [6.45, 7) is 0.791. The molecule has 0 fully saturated rings. The molecule has 0 radical (unpaired) electrons. The minimum absolute atomic E-state index is 0. The Balaban J connectivity index is 0.000000980. The van der Waals surface area contributed by atoms with E-state index in [0.29, 0.717) is 0 Å². The van der Waals surface area contributed by atoms with Gasteiger partial charge in [-0.1, -0.05) is 12.2 Å². The first-order chi connectivity index (χ1) is 6.27. The molecule has 4 heteroatoms. The SMILES string of the molecule is O=C([O-])C1=CC2=CC=CCN2C=C1.[K+]. The Kier molecular flexibility index (Phi) is 4.34. The molecule has 2 aliphatic rings. The summed E-state index contributed by atoms with van der Waals surface area (Å²) in [5.41, 5.74) is 1.11. The number of carbonyl (C=O) groups is 1. The summed E-state index contributed by atoms with van der Waals surface area (Å²) < 4.78 is 0. The molecule has 0 bridgehead atoms. The Morgan fingerprint density at radius 2 is 2.29 bits per heavy atom. The second-order valence-electron chi connectivity index (χ2n) is 2.87. The number of carboxylic acids is 1. The zero-order valence-corrected chi connectivity index (χ0v) is 11.1. The maximum atomic E-state index is 10.5. The van der Waals surface area contributed by atoms with Crippen LogP contribution in [-0.4, -0.2) is 17.4 Å². The van der Waals surface area contributed by atoms with Gasteiger partial charge in [-0.2, -0.15) is 0 Å². The number of aliphatic carboxylic acids is 1. The molecule has 66 valence electrons. The second kappa shape index (κ2) is 5.09. The summed E-state index contributed by atoms with van der Waals surface area (Å²) >= 11 is 0. The first-order valence-corrected chi connectivity index (χ1v) is 4.02. The Labute approximate surface area is 125 Å². The van der Waals surface area contributed by atoms with Crippen molar-refractivity contribution in [2.75, 3.05) is 6.54 Å². The van der Waals surface area contributed by atoms with E-state index in [0.717, 1.165) is 12.2 Å². The van der Waals surface area contributed by atoms with E-state index in [-0.39, 0.29) is 57.0 Å². The van der Waals surface area contributed by atoms with Gasteiger partial charge in [0.2, 0.25) is 0 Å². The van der Waals surface area contributed by atoms with Gasteiger partial charge in [0.25, 0.3) is 0 Å². The molecule has 0 amide bonds. The molecule has 0 aromatic heterocycles. The van der Waals surface area contributed by atoms with Gasteiger partial charge in [0.15, 0.2) is 0 Å². The van der Waals surface area contributed by atoms with E-state index >= 15 is 0 Å². The number of rotatable bonds is 1. The number of allylic oxidation sites excluding steroid dienone is 3. The van der Waals surface area contributed by atoms with E-state index in [4.69, 9.17) is 0 Å². The summed E-state index contributed by atoms with van der Waals surface area (Å²) in [6, 6.07) is 0. The molecule has 0 aromatic rings. The quantitative estimate of drug-likeness (QED) is 0.435. The number of hydrogen-bond donors (Lipinski definition) is 0. The first kappa shape index (κ1) is 11.9. The first-order valence-electron chi connectivity index (χ1n) is 4.02. The average molecular weight is 213 g/mol. The third-order valence-corrected chi connectivity index (χ3v) is 2.01.